The van der Waals surface area contributed by atoms with Crippen molar-refractivity contribution in [1.82, 2.24) is 0 Å². The highest BCUT2D eigenvalue weighted by Crippen LogP contribution is 2.36. The Morgan fingerprint density at radius 3 is 1.73 bits per heavy atom. The summed E-state index contributed by atoms with van der Waals surface area (Å²) in [6.45, 7) is 0. The van der Waals surface area contributed by atoms with E-state index in [1.165, 1.54) is 0 Å². The number of anilines is 2. The second kappa shape index (κ2) is 3.87. The largest absolute Gasteiger partial charge is 0.512 e. The Hall–Kier alpha value is -1.60. The van der Waals surface area contributed by atoms with Crippen molar-refractivity contribution in [3.63, 3.8) is 0 Å². The lowest BCUT2D eigenvalue weighted by Gasteiger charge is -2.19. The van der Waals surface area contributed by atoms with Gasteiger partial charge < -0.3 is 0 Å². The van der Waals surface area contributed by atoms with Gasteiger partial charge in [-0.25, -0.2) is 0 Å². The van der Waals surface area contributed by atoms with Crippen LogP contribution in [0.2, 0.25) is 0 Å². The highest BCUT2D eigenvalue weighted by Gasteiger charge is 2.40. The Labute approximate surface area is 80.1 Å². The number of alkyl halides is 3. The molecule has 8 heteroatoms. The van der Waals surface area contributed by atoms with Crippen molar-refractivity contribution < 1.29 is 26.6 Å². The normalized spacial score (nSPS) is 11.3. The number of para-hydroxylation sites is 2. The van der Waals surface area contributed by atoms with E-state index in [2.05, 4.69) is 0 Å². The van der Waals surface area contributed by atoms with E-state index in [0.29, 0.717) is 12.1 Å². The third-order valence-electron chi connectivity index (χ3n) is 1.50. The first-order valence-corrected chi connectivity index (χ1v) is 3.57. The second-order valence-corrected chi connectivity index (χ2v) is 2.47. The van der Waals surface area contributed by atoms with Gasteiger partial charge in [0.2, 0.25) is 0 Å². The molecule has 1 rings (SSSR count). The molecule has 0 amide bonds. The van der Waals surface area contributed by atoms with Crippen molar-refractivity contribution >= 4 is 11.4 Å². The minimum atomic E-state index is -5.36. The molecule has 0 spiro atoms. The summed E-state index contributed by atoms with van der Waals surface area (Å²) in [6.07, 6.45) is -5.36. The number of nitrogens with zero attached hydrogens (tertiary/aromatic N) is 2. The summed E-state index contributed by atoms with van der Waals surface area (Å²) < 4.78 is 72.3. The molecular formula is C7H4F6N2. The minimum absolute atomic E-state index is 0.592. The number of halogens is 6. The summed E-state index contributed by atoms with van der Waals surface area (Å²) in [5.74, 6) is 0. The van der Waals surface area contributed by atoms with Crippen LogP contribution in [-0.2, 0) is 0 Å². The van der Waals surface area contributed by atoms with Crippen LogP contribution in [0.1, 0.15) is 0 Å². The standard InChI is InChI=1S/C7H4F6N2/c8-7(9,10)14(11)5-3-1-2-4-6(5)15(12)13/h1-4H. The molecule has 1 aromatic rings. The van der Waals surface area contributed by atoms with Gasteiger partial charge in [0, 0.05) is 0 Å². The van der Waals surface area contributed by atoms with Crippen LogP contribution in [0.5, 0.6) is 0 Å². The van der Waals surface area contributed by atoms with Crippen LogP contribution >= 0.6 is 0 Å². The molecule has 0 saturated heterocycles. The number of hydrogen-bond donors (Lipinski definition) is 0. The van der Waals surface area contributed by atoms with Gasteiger partial charge in [-0.1, -0.05) is 25.6 Å². The fourth-order valence-corrected chi connectivity index (χ4v) is 0.910. The zero-order chi connectivity index (χ0) is 11.6. The fourth-order valence-electron chi connectivity index (χ4n) is 0.910. The molecule has 0 N–H and O–H groups in total. The molecule has 0 radical (unpaired) electrons. The van der Waals surface area contributed by atoms with Gasteiger partial charge >= 0.3 is 6.30 Å². The Morgan fingerprint density at radius 1 is 0.867 bits per heavy atom. The molecule has 0 aliphatic rings. The Morgan fingerprint density at radius 2 is 1.33 bits per heavy atom. The van der Waals surface area contributed by atoms with Crippen molar-refractivity contribution in [2.75, 3.05) is 10.5 Å². The van der Waals surface area contributed by atoms with Gasteiger partial charge in [-0.05, 0) is 17.5 Å². The van der Waals surface area contributed by atoms with Crippen LogP contribution in [-0.4, -0.2) is 6.30 Å². The van der Waals surface area contributed by atoms with E-state index >= 15 is 0 Å². The molecule has 0 fully saturated rings. The Kier molecular flexibility index (Phi) is 2.96. The predicted molar refractivity (Wildman–Crippen MR) is 40.8 cm³/mol. The van der Waals surface area contributed by atoms with Gasteiger partial charge in [-0.3, -0.25) is 0 Å². The summed E-state index contributed by atoms with van der Waals surface area (Å²) >= 11 is 0. The average molecular weight is 230 g/mol. The third-order valence-corrected chi connectivity index (χ3v) is 1.50. The number of hydrogen-bond acceptors (Lipinski definition) is 2. The van der Waals surface area contributed by atoms with Crippen molar-refractivity contribution in [3.8, 4) is 0 Å². The van der Waals surface area contributed by atoms with Crippen molar-refractivity contribution in [2.45, 2.75) is 6.30 Å². The van der Waals surface area contributed by atoms with E-state index < -0.39 is 28.1 Å². The molecule has 0 atom stereocenters. The lowest BCUT2D eigenvalue weighted by molar-refractivity contribution is -0.157. The number of benzene rings is 1. The Balaban J connectivity index is 3.14. The monoisotopic (exact) mass is 230 g/mol. The van der Waals surface area contributed by atoms with Crippen LogP contribution in [0.25, 0.3) is 0 Å². The van der Waals surface area contributed by atoms with E-state index in [4.69, 9.17) is 0 Å². The van der Waals surface area contributed by atoms with Crippen molar-refractivity contribution in [1.29, 1.82) is 0 Å². The van der Waals surface area contributed by atoms with Gasteiger partial charge in [-0.15, -0.1) is 18.3 Å². The first-order chi connectivity index (χ1) is 6.84. The smallest absolute Gasteiger partial charge is 0.148 e. The molecule has 0 unspecified atom stereocenters. The van der Waals surface area contributed by atoms with E-state index in [1.807, 2.05) is 0 Å². The molecule has 84 valence electrons. The van der Waals surface area contributed by atoms with Crippen LogP contribution in [0, 0.1) is 0 Å². The molecule has 1 aromatic carbocycles. The first kappa shape index (κ1) is 11.5. The summed E-state index contributed by atoms with van der Waals surface area (Å²) in [5.41, 5.74) is -2.44. The van der Waals surface area contributed by atoms with Crippen LogP contribution in [0.3, 0.4) is 0 Å². The highest BCUT2D eigenvalue weighted by molar-refractivity contribution is 5.68. The fraction of sp³-hybridized carbons (Fsp3) is 0.143. The van der Waals surface area contributed by atoms with Gasteiger partial charge in [0.1, 0.15) is 11.4 Å². The molecule has 15 heavy (non-hydrogen) atoms. The van der Waals surface area contributed by atoms with Crippen LogP contribution in [0.4, 0.5) is 38.0 Å². The first-order valence-electron chi connectivity index (χ1n) is 3.57. The quantitative estimate of drug-likeness (QED) is 0.436. The third kappa shape index (κ3) is 2.45. The molecule has 2 nitrogen and oxygen atoms in total. The van der Waals surface area contributed by atoms with E-state index in [9.17, 15) is 26.6 Å². The second-order valence-electron chi connectivity index (χ2n) is 2.47. The highest BCUT2D eigenvalue weighted by atomic mass is 19.4. The summed E-state index contributed by atoms with van der Waals surface area (Å²) in [4.78, 5) is 0. The average Bonchev–Trinajstić information content (AvgIpc) is 2.15. The number of rotatable bonds is 2. The van der Waals surface area contributed by atoms with Gasteiger partial charge in [-0.2, -0.15) is 0 Å². The summed E-state index contributed by atoms with van der Waals surface area (Å²) in [5, 5.41) is -3.26. The van der Waals surface area contributed by atoms with Gasteiger partial charge in [0.15, 0.2) is 0 Å². The Bertz CT molecular complexity index is 336. The summed E-state index contributed by atoms with van der Waals surface area (Å²) in [6, 6.07) is 3.33. The van der Waals surface area contributed by atoms with Gasteiger partial charge in [0.05, 0.1) is 0 Å². The molecule has 0 aliphatic carbocycles. The predicted octanol–water partition coefficient (Wildman–Crippen LogP) is 3.47. The van der Waals surface area contributed by atoms with E-state index in [0.717, 1.165) is 12.1 Å². The van der Waals surface area contributed by atoms with Gasteiger partial charge in [0.25, 0.3) is 0 Å². The van der Waals surface area contributed by atoms with Crippen molar-refractivity contribution in [2.24, 2.45) is 0 Å². The molecule has 0 bridgehead atoms. The molecule has 0 aromatic heterocycles. The van der Waals surface area contributed by atoms with Crippen LogP contribution < -0.4 is 10.5 Å². The minimum Gasteiger partial charge on any atom is -0.148 e. The van der Waals surface area contributed by atoms with Crippen molar-refractivity contribution in [3.05, 3.63) is 24.3 Å². The molecule has 0 heterocycles. The van der Waals surface area contributed by atoms with E-state index in [-0.39, 0.29) is 0 Å². The maximum atomic E-state index is 12.6. The topological polar surface area (TPSA) is 6.48 Å². The SMILES string of the molecule is FN(F)c1ccccc1N(F)C(F)(F)F. The van der Waals surface area contributed by atoms with E-state index in [1.54, 1.807) is 0 Å². The molecule has 0 aliphatic heterocycles. The summed E-state index contributed by atoms with van der Waals surface area (Å²) in [7, 11) is 0. The van der Waals surface area contributed by atoms with Crippen LogP contribution in [0.15, 0.2) is 24.3 Å². The maximum absolute atomic E-state index is 12.6. The lowest BCUT2D eigenvalue weighted by Crippen LogP contribution is -2.31. The molecule has 0 saturated carbocycles. The zero-order valence-electron chi connectivity index (χ0n) is 6.97. The maximum Gasteiger partial charge on any atom is 0.512 e. The molecular weight excluding hydrogens is 226 g/mol. The zero-order valence-corrected chi connectivity index (χ0v) is 6.97. The lowest BCUT2D eigenvalue weighted by atomic mass is 10.3.